The van der Waals surface area contributed by atoms with Crippen molar-refractivity contribution in [3.8, 4) is 17.2 Å². The second kappa shape index (κ2) is 22.2. The largest absolute Gasteiger partial charge is 0.507 e. The standard InChI is InChI=1S/C57H76N6O11/c1-31(2)29-63-26-22-57(23-27-63)60-44-41-42-49(66)37(8)52-43(41)53(68)56(9,74-52)72-28-21-40(71-10)34(5)51(73-55(70)58-39-19-24-62(25-20-39)30-38-17-12-11-13-18-38)36(7)48(65)35(6)47(64)32(3)15-14-16-33(4)54(69)59-46(50(42)67)45(44)61-57/h11-18,21,28,31-32,34-36,39-40,47-48,51,60,64-67H,19-20,22-27,29-30H2,1-10H3,(H,58,70)/b15-14+,28-21+,33-16-,59-46?/t32-,34+,35+,36+,40-,47-,48+,51+,56-/m0/s1. The maximum atomic E-state index is 15.0. The number of nitrogens with zero attached hydrogens (tertiary/aromatic N) is 4. The molecule has 3 aromatic carbocycles. The van der Waals surface area contributed by atoms with Crippen LogP contribution in [-0.2, 0) is 25.5 Å². The zero-order chi connectivity index (χ0) is 53.4. The Morgan fingerprint density at radius 2 is 1.59 bits per heavy atom. The van der Waals surface area contributed by atoms with Gasteiger partial charge in [-0.15, -0.1) is 0 Å². The number of alkyl carbamates (subject to hydrolysis) is 1. The van der Waals surface area contributed by atoms with Crippen LogP contribution >= 0.6 is 0 Å². The van der Waals surface area contributed by atoms with Crippen LogP contribution in [-0.4, -0.2) is 130 Å². The van der Waals surface area contributed by atoms with E-state index in [-0.39, 0.29) is 55.7 Å². The van der Waals surface area contributed by atoms with E-state index in [0.29, 0.717) is 24.4 Å². The van der Waals surface area contributed by atoms with Gasteiger partial charge < -0.3 is 54.9 Å². The number of aliphatic hydroxyl groups is 2. The van der Waals surface area contributed by atoms with Crippen molar-refractivity contribution in [2.24, 2.45) is 39.6 Å². The molecule has 2 saturated heterocycles. The zero-order valence-electron chi connectivity index (χ0n) is 44.6. The van der Waals surface area contributed by atoms with Gasteiger partial charge in [-0.3, -0.25) is 19.5 Å². The molecule has 0 saturated carbocycles. The summed E-state index contributed by atoms with van der Waals surface area (Å²) >= 11 is 0. The molecular formula is C57H76N6O11. The molecule has 17 nitrogen and oxygen atoms in total. The van der Waals surface area contributed by atoms with Crippen LogP contribution in [0.3, 0.4) is 0 Å². The Morgan fingerprint density at radius 3 is 2.26 bits per heavy atom. The number of allylic oxidation sites excluding steroid dienone is 2. The molecule has 74 heavy (non-hydrogen) atoms. The van der Waals surface area contributed by atoms with E-state index in [1.54, 1.807) is 58.9 Å². The summed E-state index contributed by atoms with van der Waals surface area (Å²) in [6, 6.07) is 10.1. The molecule has 5 bridgehead atoms. The minimum Gasteiger partial charge on any atom is -0.507 e. The highest BCUT2D eigenvalue weighted by atomic mass is 16.7. The predicted octanol–water partition coefficient (Wildman–Crippen LogP) is 6.58. The molecule has 6 heterocycles. The number of ketones is 1. The molecule has 17 heteroatoms. The molecule has 6 aliphatic rings. The van der Waals surface area contributed by atoms with Crippen molar-refractivity contribution in [1.82, 2.24) is 15.1 Å². The summed E-state index contributed by atoms with van der Waals surface area (Å²) < 4.78 is 24.9. The van der Waals surface area contributed by atoms with Gasteiger partial charge in [-0.25, -0.2) is 9.79 Å². The number of amides is 2. The maximum absolute atomic E-state index is 15.0. The summed E-state index contributed by atoms with van der Waals surface area (Å²) in [5.41, 5.74) is 1.09. The fourth-order valence-corrected chi connectivity index (χ4v) is 11.4. The van der Waals surface area contributed by atoms with Gasteiger partial charge in [0.1, 0.15) is 34.0 Å². The van der Waals surface area contributed by atoms with Gasteiger partial charge in [-0.1, -0.05) is 90.1 Å². The van der Waals surface area contributed by atoms with Gasteiger partial charge in [-0.05, 0) is 44.2 Å². The summed E-state index contributed by atoms with van der Waals surface area (Å²) in [5.74, 6) is -6.26. The molecule has 0 radical (unpaired) electrons. The second-order valence-corrected chi connectivity index (χ2v) is 22.0. The number of phenolic OH excluding ortho intramolecular Hbond substituents is 2. The number of ether oxygens (including phenoxy) is 4. The summed E-state index contributed by atoms with van der Waals surface area (Å²) in [4.78, 5) is 57.3. The van der Waals surface area contributed by atoms with Gasteiger partial charge in [-0.2, -0.15) is 0 Å². The first-order chi connectivity index (χ1) is 35.2. The molecule has 6 N–H and O–H groups in total. The Balaban J connectivity index is 1.15. The highest BCUT2D eigenvalue weighted by Gasteiger charge is 2.51. The smallest absolute Gasteiger partial charge is 0.407 e. The Morgan fingerprint density at radius 1 is 0.905 bits per heavy atom. The van der Waals surface area contributed by atoms with Gasteiger partial charge in [0.2, 0.25) is 0 Å². The molecule has 0 aromatic heterocycles. The number of piperidine rings is 2. The van der Waals surface area contributed by atoms with E-state index in [4.69, 9.17) is 23.9 Å². The number of fused-ring (bicyclic) bond motifs is 13. The molecule has 9 rings (SSSR count). The first-order valence-corrected chi connectivity index (χ1v) is 26.3. The lowest BCUT2D eigenvalue weighted by atomic mass is 9.78. The number of anilines is 1. The average Bonchev–Trinajstić information content (AvgIpc) is 3.88. The van der Waals surface area contributed by atoms with E-state index in [1.807, 2.05) is 25.1 Å². The lowest BCUT2D eigenvalue weighted by Crippen LogP contribution is -2.50. The van der Waals surface area contributed by atoms with Crippen molar-refractivity contribution < 1.29 is 53.8 Å². The molecule has 6 aliphatic heterocycles. The van der Waals surface area contributed by atoms with Gasteiger partial charge in [0, 0.05) is 112 Å². The summed E-state index contributed by atoms with van der Waals surface area (Å²) in [5, 5.41) is 54.7. The van der Waals surface area contributed by atoms with Gasteiger partial charge in [0.25, 0.3) is 11.7 Å². The number of aliphatic hydroxyl groups excluding tert-OH is 2. The third kappa shape index (κ3) is 10.9. The van der Waals surface area contributed by atoms with Gasteiger partial charge >= 0.3 is 11.9 Å². The molecule has 1 spiro atoms. The number of benzene rings is 3. The van der Waals surface area contributed by atoms with Crippen LogP contribution in [0.2, 0.25) is 0 Å². The average molecular weight is 1020 g/mol. The molecule has 2 amide bonds. The van der Waals surface area contributed by atoms with E-state index in [2.05, 4.69) is 51.4 Å². The topological polar surface area (TPSA) is 224 Å². The number of phenols is 2. The Labute approximate surface area is 434 Å². The minimum absolute atomic E-state index is 0.0505. The minimum atomic E-state index is -1.98. The zero-order valence-corrected chi connectivity index (χ0v) is 44.6. The highest BCUT2D eigenvalue weighted by Crippen LogP contribution is 2.51. The predicted molar refractivity (Wildman–Crippen MR) is 280 cm³/mol. The van der Waals surface area contributed by atoms with Crippen molar-refractivity contribution in [2.75, 3.05) is 45.2 Å². The van der Waals surface area contributed by atoms with Gasteiger partial charge in [0.15, 0.2) is 5.75 Å². The normalized spacial score (nSPS) is 30.7. The van der Waals surface area contributed by atoms with E-state index in [9.17, 15) is 34.8 Å². The van der Waals surface area contributed by atoms with Crippen LogP contribution < -0.4 is 26.1 Å². The summed E-state index contributed by atoms with van der Waals surface area (Å²) in [7, 11) is 1.49. The van der Waals surface area contributed by atoms with Gasteiger partial charge in [0.05, 0.1) is 41.2 Å². The second-order valence-electron chi connectivity index (χ2n) is 22.0. The number of hydrogen-bond acceptors (Lipinski definition) is 15. The van der Waals surface area contributed by atoms with Crippen LogP contribution in [0.1, 0.15) is 103 Å². The molecular weight excluding hydrogens is 945 g/mol. The van der Waals surface area contributed by atoms with Crippen LogP contribution in [0.5, 0.6) is 17.2 Å². The Kier molecular flexibility index (Phi) is 16.3. The maximum Gasteiger partial charge on any atom is 0.407 e. The number of Topliss-reactive ketones (excluding diaryl/α,β-unsaturated/α-hetero) is 1. The SMILES string of the molecule is CO[C@H]1/C=C/O[C@@]2(C)Oc3c(C)c(O)c4c(O)c(c5c(c4c3C2=O)NC2(CCN(CC(C)C)CC2)N=5)=NC(=O)/C(C)=C\C=C\[C@H](C)[C@H](O)[C@@H](C)[C@@H](O)[C@@H](C)[C@H](OC(=O)NC2CCN(Cc3ccccc3)CC2)[C@@H]1C. The third-order valence-corrected chi connectivity index (χ3v) is 16.0. The van der Waals surface area contributed by atoms with Crippen LogP contribution in [0.4, 0.5) is 10.5 Å². The number of likely N-dealkylation sites (tertiary alicyclic amines) is 2. The molecule has 0 aliphatic carbocycles. The number of aromatic hydroxyl groups is 2. The Hall–Kier alpha value is -5.85. The van der Waals surface area contributed by atoms with Crippen LogP contribution in [0, 0.1) is 36.5 Å². The van der Waals surface area contributed by atoms with E-state index >= 15 is 0 Å². The summed E-state index contributed by atoms with van der Waals surface area (Å²) in [6.07, 6.45) is 5.73. The Bertz CT molecular complexity index is 2820. The van der Waals surface area contributed by atoms with Crippen LogP contribution in [0.15, 0.2) is 76.5 Å². The van der Waals surface area contributed by atoms with E-state index < -0.39 is 83.1 Å². The lowest BCUT2D eigenvalue weighted by Gasteiger charge is -2.38. The van der Waals surface area contributed by atoms with Crippen molar-refractivity contribution in [2.45, 2.75) is 136 Å². The molecule has 2 fully saturated rings. The lowest BCUT2D eigenvalue weighted by molar-refractivity contribution is -0.114. The van der Waals surface area contributed by atoms with E-state index in [1.165, 1.54) is 25.9 Å². The molecule has 3 aromatic rings. The number of rotatable bonds is 7. The fraction of sp³-hybridized carbons (Fsp3) is 0.561. The quantitative estimate of drug-likeness (QED) is 0.138. The first kappa shape index (κ1) is 54.4. The first-order valence-electron chi connectivity index (χ1n) is 26.3. The molecule has 9 atom stereocenters. The molecule has 0 unspecified atom stereocenters. The van der Waals surface area contributed by atoms with E-state index in [0.717, 1.165) is 52.1 Å². The van der Waals surface area contributed by atoms with Crippen molar-refractivity contribution in [1.29, 1.82) is 0 Å². The number of methoxy groups -OCH3 is 1. The van der Waals surface area contributed by atoms with Crippen LogP contribution in [0.25, 0.3) is 10.8 Å². The summed E-state index contributed by atoms with van der Waals surface area (Å²) in [6.45, 7) is 20.8. The third-order valence-electron chi connectivity index (χ3n) is 16.0. The molecule has 400 valence electrons. The number of hydrogen-bond donors (Lipinski definition) is 6. The number of carbonyl (C=O) groups excluding carboxylic acids is 3. The van der Waals surface area contributed by atoms with Crippen molar-refractivity contribution in [3.05, 3.63) is 93.9 Å². The number of carbonyl (C=O) groups is 3. The monoisotopic (exact) mass is 1020 g/mol. The number of nitrogens with one attached hydrogen (secondary N) is 2. The van der Waals surface area contributed by atoms with Crippen molar-refractivity contribution >= 4 is 34.2 Å². The highest BCUT2D eigenvalue weighted by molar-refractivity contribution is 6.21. The van der Waals surface area contributed by atoms with Crippen molar-refractivity contribution in [3.63, 3.8) is 0 Å². The fourth-order valence-electron chi connectivity index (χ4n) is 11.4.